The van der Waals surface area contributed by atoms with E-state index in [1.165, 1.54) is 0 Å². The quantitative estimate of drug-likeness (QED) is 0.594. The predicted octanol–water partition coefficient (Wildman–Crippen LogP) is 3.81. The summed E-state index contributed by atoms with van der Waals surface area (Å²) in [6.07, 6.45) is 2.96. The van der Waals surface area contributed by atoms with Crippen molar-refractivity contribution in [3.8, 4) is 0 Å². The van der Waals surface area contributed by atoms with Crippen molar-refractivity contribution < 1.29 is 4.79 Å². The van der Waals surface area contributed by atoms with Gasteiger partial charge in [0.2, 0.25) is 0 Å². The number of carbonyl (C=O) groups excluding carboxylic acids is 1. The Morgan fingerprint density at radius 3 is 2.71 bits per heavy atom. The van der Waals surface area contributed by atoms with Gasteiger partial charge in [0.1, 0.15) is 5.82 Å². The summed E-state index contributed by atoms with van der Waals surface area (Å²) in [7, 11) is 0. The lowest BCUT2D eigenvalue weighted by Crippen LogP contribution is -2.28. The van der Waals surface area contributed by atoms with Gasteiger partial charge in [-0.1, -0.05) is 30.3 Å². The Hall–Kier alpha value is -3.21. The number of nitrogens with one attached hydrogen (secondary N) is 1. The van der Waals surface area contributed by atoms with E-state index in [-0.39, 0.29) is 5.91 Å². The van der Waals surface area contributed by atoms with Crippen LogP contribution in [0.5, 0.6) is 0 Å². The van der Waals surface area contributed by atoms with Gasteiger partial charge in [-0.25, -0.2) is 4.98 Å². The summed E-state index contributed by atoms with van der Waals surface area (Å²) < 4.78 is 2.16. The average Bonchev–Trinajstić information content (AvgIpc) is 3.29. The highest BCUT2D eigenvalue weighted by Gasteiger charge is 2.23. The molecule has 5 heteroatoms. The van der Waals surface area contributed by atoms with Crippen molar-refractivity contribution in [3.05, 3.63) is 71.2 Å². The van der Waals surface area contributed by atoms with Gasteiger partial charge in [-0.05, 0) is 49.9 Å². The van der Waals surface area contributed by atoms with Gasteiger partial charge in [-0.3, -0.25) is 9.78 Å². The number of aromatic nitrogens is 3. The zero-order valence-corrected chi connectivity index (χ0v) is 15.9. The van der Waals surface area contributed by atoms with Crippen LogP contribution in [-0.4, -0.2) is 27.0 Å². The van der Waals surface area contributed by atoms with Gasteiger partial charge < -0.3 is 9.88 Å². The summed E-state index contributed by atoms with van der Waals surface area (Å²) >= 11 is 0. The maximum Gasteiger partial charge on any atom is 0.252 e. The number of pyridine rings is 1. The molecule has 1 N–H and O–H groups in total. The number of para-hydroxylation sites is 3. The van der Waals surface area contributed by atoms with Crippen LogP contribution in [-0.2, 0) is 19.4 Å². The minimum atomic E-state index is -0.00109. The van der Waals surface area contributed by atoms with Crippen molar-refractivity contribution in [1.82, 2.24) is 19.9 Å². The molecule has 1 amide bonds. The summed E-state index contributed by atoms with van der Waals surface area (Å²) in [5.74, 6) is 0.963. The number of hydrogen-bond acceptors (Lipinski definition) is 3. The molecule has 0 atom stereocenters. The lowest BCUT2D eigenvalue weighted by molar-refractivity contribution is 0.0953. The molecule has 1 aliphatic carbocycles. The summed E-state index contributed by atoms with van der Waals surface area (Å²) in [6, 6.07) is 16.1. The molecule has 0 spiro atoms. The van der Waals surface area contributed by atoms with E-state index < -0.39 is 0 Å². The van der Waals surface area contributed by atoms with Crippen molar-refractivity contribution in [1.29, 1.82) is 0 Å². The molecule has 2 aromatic carbocycles. The smallest absolute Gasteiger partial charge is 0.252 e. The van der Waals surface area contributed by atoms with Gasteiger partial charge in [0.25, 0.3) is 5.91 Å². The Balaban J connectivity index is 1.41. The third-order valence-electron chi connectivity index (χ3n) is 5.61. The first-order valence-corrected chi connectivity index (χ1v) is 9.83. The number of amides is 1. The van der Waals surface area contributed by atoms with Gasteiger partial charge in [0, 0.05) is 24.2 Å². The molecule has 0 fully saturated rings. The molecular formula is C23H22N4O. The molecule has 2 aromatic heterocycles. The fourth-order valence-electron chi connectivity index (χ4n) is 4.32. The number of imidazole rings is 1. The third-order valence-corrected chi connectivity index (χ3v) is 5.61. The molecule has 28 heavy (non-hydrogen) atoms. The topological polar surface area (TPSA) is 59.8 Å². The maximum atomic E-state index is 13.1. The Morgan fingerprint density at radius 2 is 1.82 bits per heavy atom. The van der Waals surface area contributed by atoms with Crippen molar-refractivity contribution in [2.45, 2.75) is 32.7 Å². The second-order valence-electron chi connectivity index (χ2n) is 7.34. The summed E-state index contributed by atoms with van der Waals surface area (Å²) in [5, 5.41) is 4.08. The SMILES string of the molecule is Cc1nc2ccccc2n1CCNC(=O)c1c2c(nc3ccccc13)CCC2. The van der Waals surface area contributed by atoms with Crippen molar-refractivity contribution in [2.75, 3.05) is 6.54 Å². The standard InChI is InChI=1S/C23H22N4O/c1-15-25-20-10-4-5-12-21(20)27(15)14-13-24-23(28)22-16-7-2-3-9-18(16)26-19-11-6-8-17(19)22/h2-5,7,9-10,12H,6,8,11,13-14H2,1H3,(H,24,28). The van der Waals surface area contributed by atoms with Crippen LogP contribution in [0.15, 0.2) is 48.5 Å². The van der Waals surface area contributed by atoms with E-state index in [1.807, 2.05) is 49.4 Å². The van der Waals surface area contributed by atoms with Crippen molar-refractivity contribution in [2.24, 2.45) is 0 Å². The van der Waals surface area contributed by atoms with Crippen LogP contribution in [0.2, 0.25) is 0 Å². The molecule has 2 heterocycles. The molecule has 0 saturated carbocycles. The molecule has 0 unspecified atom stereocenters. The lowest BCUT2D eigenvalue weighted by atomic mass is 10.0. The normalized spacial score (nSPS) is 13.2. The second kappa shape index (κ2) is 6.75. The first kappa shape index (κ1) is 16.9. The Bertz CT molecular complexity index is 1210. The van der Waals surface area contributed by atoms with Crippen LogP contribution < -0.4 is 5.32 Å². The van der Waals surface area contributed by atoms with Crippen LogP contribution in [0.4, 0.5) is 0 Å². The summed E-state index contributed by atoms with van der Waals surface area (Å²) in [6.45, 7) is 3.26. The van der Waals surface area contributed by atoms with E-state index in [0.29, 0.717) is 13.1 Å². The van der Waals surface area contributed by atoms with Crippen LogP contribution in [0.3, 0.4) is 0 Å². The number of aryl methyl sites for hydroxylation is 2. The summed E-state index contributed by atoms with van der Waals surface area (Å²) in [5.41, 5.74) is 6.02. The molecule has 140 valence electrons. The van der Waals surface area contributed by atoms with E-state index in [1.54, 1.807) is 0 Å². The van der Waals surface area contributed by atoms with E-state index in [4.69, 9.17) is 4.98 Å². The highest BCUT2D eigenvalue weighted by atomic mass is 16.1. The number of fused-ring (bicyclic) bond motifs is 3. The van der Waals surface area contributed by atoms with Gasteiger partial charge >= 0.3 is 0 Å². The number of benzene rings is 2. The van der Waals surface area contributed by atoms with E-state index in [0.717, 1.165) is 63.8 Å². The number of carbonyl (C=O) groups is 1. The Morgan fingerprint density at radius 1 is 1.04 bits per heavy atom. The third kappa shape index (κ3) is 2.74. The molecular weight excluding hydrogens is 348 g/mol. The van der Waals surface area contributed by atoms with Crippen LogP contribution in [0.25, 0.3) is 21.9 Å². The van der Waals surface area contributed by atoms with E-state index in [9.17, 15) is 4.79 Å². The molecule has 0 aliphatic heterocycles. The molecule has 0 radical (unpaired) electrons. The van der Waals surface area contributed by atoms with Gasteiger partial charge in [0.15, 0.2) is 0 Å². The lowest BCUT2D eigenvalue weighted by Gasteiger charge is -2.13. The minimum Gasteiger partial charge on any atom is -0.350 e. The first-order chi connectivity index (χ1) is 13.7. The molecule has 0 bridgehead atoms. The van der Waals surface area contributed by atoms with Crippen molar-refractivity contribution in [3.63, 3.8) is 0 Å². The fraction of sp³-hybridized carbons (Fsp3) is 0.261. The molecule has 4 aromatic rings. The largest absolute Gasteiger partial charge is 0.350 e. The average molecular weight is 370 g/mol. The van der Waals surface area contributed by atoms with Crippen LogP contribution in [0, 0.1) is 6.92 Å². The zero-order chi connectivity index (χ0) is 19.1. The van der Waals surface area contributed by atoms with E-state index in [2.05, 4.69) is 20.9 Å². The molecule has 1 aliphatic rings. The maximum absolute atomic E-state index is 13.1. The highest BCUT2D eigenvalue weighted by Crippen LogP contribution is 2.29. The van der Waals surface area contributed by atoms with Crippen LogP contribution >= 0.6 is 0 Å². The Labute approximate surface area is 163 Å². The fourth-order valence-corrected chi connectivity index (χ4v) is 4.32. The minimum absolute atomic E-state index is 0.00109. The second-order valence-corrected chi connectivity index (χ2v) is 7.34. The van der Waals surface area contributed by atoms with Gasteiger partial charge in [0.05, 0.1) is 22.1 Å². The molecule has 0 saturated heterocycles. The Kier molecular flexibility index (Phi) is 4.08. The van der Waals surface area contributed by atoms with Gasteiger partial charge in [-0.15, -0.1) is 0 Å². The summed E-state index contributed by atoms with van der Waals surface area (Å²) in [4.78, 5) is 22.5. The molecule has 5 nitrogen and oxygen atoms in total. The first-order valence-electron chi connectivity index (χ1n) is 9.83. The number of rotatable bonds is 4. The monoisotopic (exact) mass is 370 g/mol. The van der Waals surface area contributed by atoms with Gasteiger partial charge in [-0.2, -0.15) is 0 Å². The van der Waals surface area contributed by atoms with E-state index >= 15 is 0 Å². The van der Waals surface area contributed by atoms with Crippen LogP contribution in [0.1, 0.15) is 33.9 Å². The highest BCUT2D eigenvalue weighted by molar-refractivity contribution is 6.07. The number of hydrogen-bond donors (Lipinski definition) is 1. The molecule has 5 rings (SSSR count). The zero-order valence-electron chi connectivity index (χ0n) is 15.9. The van der Waals surface area contributed by atoms with Crippen molar-refractivity contribution >= 4 is 27.8 Å². The number of nitrogens with zero attached hydrogens (tertiary/aromatic N) is 3. The predicted molar refractivity (Wildman–Crippen MR) is 111 cm³/mol.